The van der Waals surface area contributed by atoms with Crippen LogP contribution in [0.3, 0.4) is 0 Å². The van der Waals surface area contributed by atoms with Crippen molar-refractivity contribution < 1.29 is 28.6 Å². The summed E-state index contributed by atoms with van der Waals surface area (Å²) in [4.78, 5) is 33.9. The second kappa shape index (κ2) is 10.1. The largest absolute Gasteiger partial charge is 0.459 e. The Morgan fingerprint density at radius 1 is 0.960 bits per heavy atom. The van der Waals surface area contributed by atoms with Crippen molar-refractivity contribution in [1.29, 1.82) is 0 Å². The van der Waals surface area contributed by atoms with E-state index in [1.807, 2.05) is 18.2 Å². The molecule has 0 aliphatic rings. The van der Waals surface area contributed by atoms with Crippen LogP contribution in [0, 0.1) is 0 Å². The molecule has 0 unspecified atom stereocenters. The third-order valence-corrected chi connectivity index (χ3v) is 2.93. The van der Waals surface area contributed by atoms with Crippen molar-refractivity contribution in [3.8, 4) is 0 Å². The molecule has 0 radical (unpaired) electrons. The van der Waals surface area contributed by atoms with Gasteiger partial charge in [-0.15, -0.1) is 0 Å². The zero-order chi connectivity index (χ0) is 18.8. The number of anilines is 1. The van der Waals surface area contributed by atoms with Gasteiger partial charge >= 0.3 is 17.9 Å². The summed E-state index contributed by atoms with van der Waals surface area (Å²) in [6.07, 6.45) is -1.63. The van der Waals surface area contributed by atoms with E-state index >= 15 is 0 Å². The maximum absolute atomic E-state index is 11.4. The molecule has 0 aromatic heterocycles. The summed E-state index contributed by atoms with van der Waals surface area (Å²) in [5, 5.41) is 4.00. The van der Waals surface area contributed by atoms with Gasteiger partial charge in [0, 0.05) is 20.8 Å². The van der Waals surface area contributed by atoms with Crippen molar-refractivity contribution in [2.24, 2.45) is 5.10 Å². The first-order chi connectivity index (χ1) is 11.8. The molecule has 8 nitrogen and oxygen atoms in total. The molecule has 0 amide bonds. The number of para-hydroxylation sites is 1. The maximum Gasteiger partial charge on any atom is 0.303 e. The molecule has 1 N–H and O–H groups in total. The van der Waals surface area contributed by atoms with Gasteiger partial charge in [0.2, 0.25) is 0 Å². The third kappa shape index (κ3) is 7.96. The average molecular weight is 350 g/mol. The molecule has 0 fully saturated rings. The summed E-state index contributed by atoms with van der Waals surface area (Å²) >= 11 is 0. The van der Waals surface area contributed by atoms with Gasteiger partial charge in [0.05, 0.1) is 11.9 Å². The number of nitrogens with one attached hydrogen (secondary N) is 1. The number of esters is 3. The predicted octanol–water partition coefficient (Wildman–Crippen LogP) is 1.90. The molecule has 0 aliphatic carbocycles. The number of rotatable bonds is 8. The van der Waals surface area contributed by atoms with E-state index in [1.165, 1.54) is 33.9 Å². The fourth-order valence-corrected chi connectivity index (χ4v) is 2.02. The summed E-state index contributed by atoms with van der Waals surface area (Å²) < 4.78 is 15.4. The van der Waals surface area contributed by atoms with Crippen molar-refractivity contribution in [2.75, 3.05) is 5.43 Å². The van der Waals surface area contributed by atoms with Crippen molar-refractivity contribution in [3.63, 3.8) is 0 Å². The molecule has 0 saturated heterocycles. The summed E-state index contributed by atoms with van der Waals surface area (Å²) in [5.41, 5.74) is 3.49. The number of carbonyl (C=O) groups excluding carboxylic acids is 3. The lowest BCUT2D eigenvalue weighted by Gasteiger charge is -2.27. The van der Waals surface area contributed by atoms with Gasteiger partial charge in [-0.2, -0.15) is 5.10 Å². The summed E-state index contributed by atoms with van der Waals surface area (Å²) in [6, 6.07) is 9.10. The van der Waals surface area contributed by atoms with E-state index in [9.17, 15) is 14.4 Å². The standard InChI is InChI=1S/C17H22N2O6/c1-11(23-12(2)20)17(25-14(4)22)16(24-13(3)21)10-18-19-15-8-6-5-7-9-15/h5-11,16-17,19H,1-4H3/b18-10+/t11-,16+,17-/m0/s1. The minimum absolute atomic E-state index is 0.550. The highest BCUT2D eigenvalue weighted by Crippen LogP contribution is 2.13. The van der Waals surface area contributed by atoms with E-state index in [0.29, 0.717) is 0 Å². The molecule has 1 rings (SSSR count). The quantitative estimate of drug-likeness (QED) is 0.330. The number of benzene rings is 1. The SMILES string of the molecule is CC(=O)O[C@@H]([C@H](C)OC(C)=O)[C@@H](/C=N/Nc1ccccc1)OC(C)=O. The van der Waals surface area contributed by atoms with E-state index in [2.05, 4.69) is 10.5 Å². The minimum Gasteiger partial charge on any atom is -0.459 e. The number of carbonyl (C=O) groups is 3. The lowest BCUT2D eigenvalue weighted by molar-refractivity contribution is -0.175. The van der Waals surface area contributed by atoms with Crippen LogP contribution in [0.2, 0.25) is 0 Å². The monoisotopic (exact) mass is 350 g/mol. The van der Waals surface area contributed by atoms with E-state index in [-0.39, 0.29) is 0 Å². The van der Waals surface area contributed by atoms with Crippen LogP contribution in [0.5, 0.6) is 0 Å². The van der Waals surface area contributed by atoms with Gasteiger partial charge in [0.1, 0.15) is 6.10 Å². The molecule has 1 aromatic rings. The molecule has 0 aliphatic heterocycles. The number of hydrogen-bond donors (Lipinski definition) is 1. The molecule has 0 spiro atoms. The van der Waals surface area contributed by atoms with Crippen molar-refractivity contribution >= 4 is 29.8 Å². The lowest BCUT2D eigenvalue weighted by Crippen LogP contribution is -2.44. The van der Waals surface area contributed by atoms with E-state index in [1.54, 1.807) is 12.1 Å². The summed E-state index contributed by atoms with van der Waals surface area (Å²) in [7, 11) is 0. The molecule has 8 heteroatoms. The molecule has 0 bridgehead atoms. The van der Waals surface area contributed by atoms with Crippen LogP contribution in [0.1, 0.15) is 27.7 Å². The molecular weight excluding hydrogens is 328 g/mol. The van der Waals surface area contributed by atoms with Crippen LogP contribution in [-0.4, -0.2) is 42.4 Å². The summed E-state index contributed by atoms with van der Waals surface area (Å²) in [5.74, 6) is -1.75. The molecule has 0 heterocycles. The molecule has 0 saturated carbocycles. The summed E-state index contributed by atoms with van der Waals surface area (Å²) in [6.45, 7) is 5.18. The molecule has 1 aromatic carbocycles. The Kier molecular flexibility index (Phi) is 8.11. The van der Waals surface area contributed by atoms with Crippen LogP contribution in [-0.2, 0) is 28.6 Å². The maximum atomic E-state index is 11.4. The van der Waals surface area contributed by atoms with Crippen LogP contribution in [0.4, 0.5) is 5.69 Å². The Morgan fingerprint density at radius 3 is 2.04 bits per heavy atom. The highest BCUT2D eigenvalue weighted by Gasteiger charge is 2.33. The van der Waals surface area contributed by atoms with Crippen molar-refractivity contribution in [3.05, 3.63) is 30.3 Å². The van der Waals surface area contributed by atoms with E-state index < -0.39 is 36.2 Å². The number of nitrogens with zero attached hydrogens (tertiary/aromatic N) is 1. The van der Waals surface area contributed by atoms with E-state index in [0.717, 1.165) is 5.69 Å². The first-order valence-electron chi connectivity index (χ1n) is 7.65. The number of hydrogen-bond acceptors (Lipinski definition) is 8. The van der Waals surface area contributed by atoms with Crippen LogP contribution >= 0.6 is 0 Å². The Labute approximate surface area is 146 Å². The van der Waals surface area contributed by atoms with Gasteiger partial charge < -0.3 is 14.2 Å². The smallest absolute Gasteiger partial charge is 0.303 e. The van der Waals surface area contributed by atoms with Crippen LogP contribution in [0.15, 0.2) is 35.4 Å². The van der Waals surface area contributed by atoms with E-state index in [4.69, 9.17) is 14.2 Å². The van der Waals surface area contributed by atoms with Gasteiger partial charge in [-0.05, 0) is 19.1 Å². The van der Waals surface area contributed by atoms with Crippen molar-refractivity contribution in [1.82, 2.24) is 0 Å². The normalized spacial score (nSPS) is 14.2. The predicted molar refractivity (Wildman–Crippen MR) is 90.9 cm³/mol. The fraction of sp³-hybridized carbons (Fsp3) is 0.412. The second-order valence-electron chi connectivity index (χ2n) is 5.22. The van der Waals surface area contributed by atoms with Crippen molar-refractivity contribution in [2.45, 2.75) is 46.0 Å². The Balaban J connectivity index is 2.94. The second-order valence-corrected chi connectivity index (χ2v) is 5.22. The molecule has 136 valence electrons. The van der Waals surface area contributed by atoms with Gasteiger partial charge in [0.25, 0.3) is 0 Å². The molecule has 25 heavy (non-hydrogen) atoms. The topological polar surface area (TPSA) is 103 Å². The molecule has 3 atom stereocenters. The number of hydrazone groups is 1. The highest BCUT2D eigenvalue weighted by atomic mass is 16.6. The van der Waals surface area contributed by atoms with Crippen LogP contribution in [0.25, 0.3) is 0 Å². The van der Waals surface area contributed by atoms with Crippen LogP contribution < -0.4 is 5.43 Å². The Hall–Kier alpha value is -2.90. The Morgan fingerprint density at radius 2 is 1.52 bits per heavy atom. The van der Waals surface area contributed by atoms with Gasteiger partial charge in [-0.3, -0.25) is 19.8 Å². The first kappa shape index (κ1) is 20.1. The zero-order valence-electron chi connectivity index (χ0n) is 14.6. The molecular formula is C17H22N2O6. The fourth-order valence-electron chi connectivity index (χ4n) is 2.02. The average Bonchev–Trinajstić information content (AvgIpc) is 2.51. The van der Waals surface area contributed by atoms with Gasteiger partial charge in [-0.1, -0.05) is 18.2 Å². The number of ether oxygens (including phenoxy) is 3. The van der Waals surface area contributed by atoms with Gasteiger partial charge in [0.15, 0.2) is 12.2 Å². The lowest BCUT2D eigenvalue weighted by atomic mass is 10.1. The zero-order valence-corrected chi connectivity index (χ0v) is 14.6. The minimum atomic E-state index is -1.04. The third-order valence-electron chi connectivity index (χ3n) is 2.93. The first-order valence-corrected chi connectivity index (χ1v) is 7.65. The van der Waals surface area contributed by atoms with Gasteiger partial charge in [-0.25, -0.2) is 0 Å². The Bertz CT molecular complexity index is 617. The highest BCUT2D eigenvalue weighted by molar-refractivity contribution is 5.74.